The van der Waals surface area contributed by atoms with E-state index in [1.807, 2.05) is 24.4 Å². The molecule has 6 heteroatoms. The molecule has 8 aromatic carbocycles. The summed E-state index contributed by atoms with van der Waals surface area (Å²) in [7, 11) is 0. The molecule has 11 rings (SSSR count). The van der Waals surface area contributed by atoms with Gasteiger partial charge in [-0.1, -0.05) is 189 Å². The van der Waals surface area contributed by atoms with E-state index in [1.165, 1.54) is 38.9 Å². The van der Waals surface area contributed by atoms with Crippen molar-refractivity contribution in [1.29, 1.82) is 0 Å². The number of ether oxygens (including phenoxy) is 1. The molecule has 0 saturated heterocycles. The van der Waals surface area contributed by atoms with E-state index in [-0.39, 0.29) is 42.7 Å². The molecule has 10 aromatic rings. The van der Waals surface area contributed by atoms with Crippen molar-refractivity contribution in [1.82, 2.24) is 9.55 Å². The van der Waals surface area contributed by atoms with Crippen LogP contribution < -0.4 is 14.5 Å². The normalized spacial score (nSPS) is 13.1. The van der Waals surface area contributed by atoms with Crippen molar-refractivity contribution in [3.8, 4) is 17.3 Å². The minimum Gasteiger partial charge on any atom is -0.509 e. The van der Waals surface area contributed by atoms with Crippen LogP contribution >= 0.6 is 0 Å². The van der Waals surface area contributed by atoms with E-state index in [4.69, 9.17) is 9.72 Å². The van der Waals surface area contributed by atoms with Crippen LogP contribution in [0.4, 0.5) is 22.7 Å². The topological polar surface area (TPSA) is 33.5 Å². The van der Waals surface area contributed by atoms with Crippen LogP contribution in [0.3, 0.4) is 0 Å². The molecule has 2 aromatic heterocycles. The van der Waals surface area contributed by atoms with Crippen LogP contribution in [-0.2, 0) is 42.7 Å². The second-order valence-electron chi connectivity index (χ2n) is 21.9. The SMILES string of the molecule is CC(C)(C)c1ccc(C(C)(C)c2ccnc(-n3c4[c-]c(Oc5[c-]c(N6[CH-]N(c7cc(C(C)(C)c8ccccc8)cc(C(C)(C)c8ccccc8)c7)c7ccccc76)ccc5)ccc4c4ccccc43)c2)cc1.[Pt]. The molecule has 0 N–H and O–H groups in total. The smallest absolute Gasteiger partial charge is 0.135 e. The van der Waals surface area contributed by atoms with Gasteiger partial charge in [0.2, 0.25) is 0 Å². The van der Waals surface area contributed by atoms with Gasteiger partial charge in [0.05, 0.1) is 0 Å². The molecule has 1 aliphatic heterocycles. The van der Waals surface area contributed by atoms with E-state index < -0.39 is 0 Å². The van der Waals surface area contributed by atoms with Gasteiger partial charge in [0, 0.05) is 77.6 Å². The van der Waals surface area contributed by atoms with Gasteiger partial charge in [-0.2, -0.15) is 12.1 Å². The van der Waals surface area contributed by atoms with E-state index >= 15 is 0 Å². The van der Waals surface area contributed by atoms with Crippen LogP contribution in [0.1, 0.15) is 101 Å². The summed E-state index contributed by atoms with van der Waals surface area (Å²) in [6.45, 7) is 22.8. The summed E-state index contributed by atoms with van der Waals surface area (Å²) in [5.74, 6) is 2.01. The number of fused-ring (bicyclic) bond motifs is 4. The number of hydrogen-bond acceptors (Lipinski definition) is 4. The standard InChI is InChI=1S/C67H61N4O.Pt/c1-64(2,3)46-31-33-49(34-32-46)65(4,5)50-37-38-68-63(42-50)71-59-28-17-16-27-57(59)58-36-35-56(44-62(58)71)72-55-26-20-25-53(43-55)69-45-70(61-30-19-18-29-60(61)69)54-40-51(66(6,7)47-21-12-10-13-22-47)39-52(41-54)67(8,9)48-23-14-11-15-24-48;/h10-42,45H,1-9H3;/q-3;. The Balaban J connectivity index is 0.00000611. The zero-order valence-electron chi connectivity index (χ0n) is 43.1. The fourth-order valence-electron chi connectivity index (χ4n) is 10.4. The molecule has 0 saturated carbocycles. The van der Waals surface area contributed by atoms with Crippen molar-refractivity contribution in [2.45, 2.75) is 84.0 Å². The average molecular weight is 1130 g/mol. The maximum absolute atomic E-state index is 6.73. The molecule has 73 heavy (non-hydrogen) atoms. The third-order valence-corrected chi connectivity index (χ3v) is 15.2. The molecule has 1 aliphatic rings. The first-order chi connectivity index (χ1) is 34.6. The summed E-state index contributed by atoms with van der Waals surface area (Å²) in [6, 6.07) is 76.9. The molecule has 0 fully saturated rings. The molecule has 0 aliphatic carbocycles. The maximum Gasteiger partial charge on any atom is 0.135 e. The minimum absolute atomic E-state index is 0. The molecule has 0 bridgehead atoms. The Morgan fingerprint density at radius 3 is 1.63 bits per heavy atom. The van der Waals surface area contributed by atoms with Gasteiger partial charge in [-0.25, -0.2) is 4.98 Å². The molecule has 5 nitrogen and oxygen atoms in total. The number of benzene rings is 8. The Bertz CT molecular complexity index is 3540. The van der Waals surface area contributed by atoms with Gasteiger partial charge in [-0.05, 0) is 92.2 Å². The van der Waals surface area contributed by atoms with E-state index in [0.717, 1.165) is 50.4 Å². The Morgan fingerprint density at radius 1 is 0.438 bits per heavy atom. The fourth-order valence-corrected chi connectivity index (χ4v) is 10.4. The van der Waals surface area contributed by atoms with Crippen LogP contribution in [0.15, 0.2) is 200 Å². The second-order valence-corrected chi connectivity index (χ2v) is 21.9. The summed E-state index contributed by atoms with van der Waals surface area (Å²) in [5.41, 5.74) is 14.1. The third-order valence-electron chi connectivity index (χ3n) is 15.2. The number of aromatic nitrogens is 2. The summed E-state index contributed by atoms with van der Waals surface area (Å²) in [5, 5.41) is 2.21. The Kier molecular flexibility index (Phi) is 12.9. The third kappa shape index (κ3) is 9.08. The first-order valence-corrected chi connectivity index (χ1v) is 25.1. The molecule has 0 radical (unpaired) electrons. The molecule has 0 unspecified atom stereocenters. The van der Waals surface area contributed by atoms with Crippen LogP contribution in [-0.4, -0.2) is 9.55 Å². The zero-order chi connectivity index (χ0) is 50.0. The molecule has 3 heterocycles. The van der Waals surface area contributed by atoms with Gasteiger partial charge in [-0.3, -0.25) is 0 Å². The first kappa shape index (κ1) is 49.4. The summed E-state index contributed by atoms with van der Waals surface area (Å²) >= 11 is 0. The van der Waals surface area contributed by atoms with E-state index in [1.54, 1.807) is 0 Å². The van der Waals surface area contributed by atoms with Gasteiger partial charge in [0.1, 0.15) is 5.82 Å². The van der Waals surface area contributed by atoms with Crippen LogP contribution in [0.5, 0.6) is 11.5 Å². The number of hydrogen-bond donors (Lipinski definition) is 0. The summed E-state index contributed by atoms with van der Waals surface area (Å²) in [6.07, 6.45) is 1.93. The van der Waals surface area contributed by atoms with Gasteiger partial charge in [-0.15, -0.1) is 48.1 Å². The quantitative estimate of drug-likeness (QED) is 0.121. The monoisotopic (exact) mass is 1130 g/mol. The number of para-hydroxylation sites is 3. The van der Waals surface area contributed by atoms with Crippen LogP contribution in [0, 0.1) is 18.8 Å². The number of anilines is 4. The predicted molar refractivity (Wildman–Crippen MR) is 299 cm³/mol. The van der Waals surface area contributed by atoms with E-state index in [0.29, 0.717) is 11.5 Å². The largest absolute Gasteiger partial charge is 0.509 e. The molecule has 0 amide bonds. The van der Waals surface area contributed by atoms with Gasteiger partial charge in [0.25, 0.3) is 0 Å². The van der Waals surface area contributed by atoms with Crippen LogP contribution in [0.2, 0.25) is 0 Å². The maximum atomic E-state index is 6.73. The van der Waals surface area contributed by atoms with Crippen molar-refractivity contribution < 1.29 is 25.8 Å². The summed E-state index contributed by atoms with van der Waals surface area (Å²) < 4.78 is 8.95. The molecule has 368 valence electrons. The Labute approximate surface area is 446 Å². The molecule has 0 atom stereocenters. The first-order valence-electron chi connectivity index (χ1n) is 25.1. The van der Waals surface area contributed by atoms with Crippen LogP contribution in [0.25, 0.3) is 27.6 Å². The Morgan fingerprint density at radius 2 is 0.986 bits per heavy atom. The van der Waals surface area contributed by atoms with Crippen molar-refractivity contribution in [3.05, 3.63) is 258 Å². The Hall–Kier alpha value is -7.20. The van der Waals surface area contributed by atoms with Crippen molar-refractivity contribution in [2.24, 2.45) is 0 Å². The van der Waals surface area contributed by atoms with Crippen molar-refractivity contribution in [3.63, 3.8) is 0 Å². The van der Waals surface area contributed by atoms with Gasteiger partial charge in [0.15, 0.2) is 0 Å². The predicted octanol–water partition coefficient (Wildman–Crippen LogP) is 17.3. The van der Waals surface area contributed by atoms with Crippen molar-refractivity contribution in [2.75, 3.05) is 9.80 Å². The zero-order valence-corrected chi connectivity index (χ0v) is 45.4. The second kappa shape index (κ2) is 19.0. The summed E-state index contributed by atoms with van der Waals surface area (Å²) in [4.78, 5) is 9.53. The average Bonchev–Trinajstić information content (AvgIpc) is 3.95. The number of rotatable bonds is 11. The number of pyridine rings is 1. The van der Waals surface area contributed by atoms with Gasteiger partial charge >= 0.3 is 0 Å². The van der Waals surface area contributed by atoms with Gasteiger partial charge < -0.3 is 19.1 Å². The minimum atomic E-state index is -0.262. The molecular weight excluding hydrogens is 1070 g/mol. The molecule has 0 spiro atoms. The van der Waals surface area contributed by atoms with E-state index in [9.17, 15) is 0 Å². The van der Waals surface area contributed by atoms with E-state index in [2.05, 4.69) is 271 Å². The fraction of sp³-hybridized carbons (Fsp3) is 0.194. The molecular formula is C67H61N4OPt-3. The van der Waals surface area contributed by atoms with Crippen molar-refractivity contribution >= 4 is 44.6 Å². The number of nitrogens with zero attached hydrogens (tertiary/aromatic N) is 4.